The molecular weight excluding hydrogens is 617 g/mol. The molecule has 0 aromatic carbocycles. The van der Waals surface area contributed by atoms with Crippen LogP contribution in [0.15, 0.2) is 21.8 Å². The van der Waals surface area contributed by atoms with Crippen molar-refractivity contribution < 1.29 is 54.3 Å². The number of nitrogens with one attached hydrogen (secondary N) is 2. The molecule has 22 heteroatoms. The SMILES string of the molecule is CO/N=C(\C(=O)NC1C(=O)N2C(C(=O)O)=C(CS(=O)(=O)CCNS(=O)(=O)C(F)(F)F)CS[C@H]12)c1csc(N)n1. The smallest absolute Gasteiger partial charge is 0.477 e. The van der Waals surface area contributed by atoms with E-state index in [-0.39, 0.29) is 27.9 Å². The van der Waals surface area contributed by atoms with Crippen molar-refractivity contribution in [3.63, 3.8) is 0 Å². The van der Waals surface area contributed by atoms with E-state index in [2.05, 4.69) is 20.3 Å². The van der Waals surface area contributed by atoms with E-state index in [9.17, 15) is 49.5 Å². The second kappa shape index (κ2) is 11.3. The number of alkyl halides is 3. The summed E-state index contributed by atoms with van der Waals surface area (Å²) in [5.41, 5.74) is -1.22. The lowest BCUT2D eigenvalue weighted by molar-refractivity contribution is -0.150. The van der Waals surface area contributed by atoms with Crippen LogP contribution in [-0.2, 0) is 39.1 Å². The first-order valence-corrected chi connectivity index (χ1v) is 15.5. The third-order valence-corrected chi connectivity index (χ3v) is 9.92. The van der Waals surface area contributed by atoms with Crippen LogP contribution in [-0.4, -0.2) is 103 Å². The van der Waals surface area contributed by atoms with Gasteiger partial charge in [-0.15, -0.1) is 23.1 Å². The van der Waals surface area contributed by atoms with Crippen LogP contribution >= 0.6 is 23.1 Å². The Labute approximate surface area is 226 Å². The minimum absolute atomic E-state index is 0.0629. The Balaban J connectivity index is 1.73. The van der Waals surface area contributed by atoms with Gasteiger partial charge in [0.1, 0.15) is 29.9 Å². The molecule has 0 spiro atoms. The number of fused-ring (bicyclic) bond motifs is 1. The lowest BCUT2D eigenvalue weighted by Gasteiger charge is -2.49. The maximum absolute atomic E-state index is 12.8. The van der Waals surface area contributed by atoms with Crippen LogP contribution in [0, 0.1) is 0 Å². The maximum atomic E-state index is 12.8. The second-order valence-electron chi connectivity index (χ2n) is 7.75. The van der Waals surface area contributed by atoms with Crippen molar-refractivity contribution in [3.8, 4) is 0 Å². The highest BCUT2D eigenvalue weighted by atomic mass is 32.2. The number of sulfone groups is 1. The van der Waals surface area contributed by atoms with Crippen molar-refractivity contribution in [1.29, 1.82) is 0 Å². The molecule has 5 N–H and O–H groups in total. The Hall–Kier alpha value is -2.95. The number of sulfonamides is 1. The highest BCUT2D eigenvalue weighted by Crippen LogP contribution is 2.40. The van der Waals surface area contributed by atoms with Gasteiger partial charge in [-0.1, -0.05) is 5.16 Å². The van der Waals surface area contributed by atoms with E-state index in [1.807, 2.05) is 0 Å². The first kappa shape index (κ1) is 30.6. The molecule has 2 atom stereocenters. The minimum Gasteiger partial charge on any atom is -0.477 e. The molecule has 1 fully saturated rings. The summed E-state index contributed by atoms with van der Waals surface area (Å²) >= 11 is 1.95. The number of anilines is 1. The van der Waals surface area contributed by atoms with E-state index in [0.717, 1.165) is 32.7 Å². The van der Waals surface area contributed by atoms with Gasteiger partial charge in [-0.3, -0.25) is 14.5 Å². The number of thiazole rings is 1. The highest BCUT2D eigenvalue weighted by Gasteiger charge is 2.54. The molecule has 3 rings (SSSR count). The van der Waals surface area contributed by atoms with Gasteiger partial charge in [0.15, 0.2) is 20.7 Å². The van der Waals surface area contributed by atoms with Crippen molar-refractivity contribution in [2.45, 2.75) is 16.9 Å². The summed E-state index contributed by atoms with van der Waals surface area (Å²) in [7, 11) is -8.92. The van der Waals surface area contributed by atoms with Gasteiger partial charge in [-0.2, -0.15) is 13.2 Å². The third-order valence-electron chi connectivity index (χ3n) is 5.10. The number of β-lactam (4-membered cyclic amide) rings is 1. The zero-order valence-electron chi connectivity index (χ0n) is 19.5. The van der Waals surface area contributed by atoms with Crippen LogP contribution in [0.25, 0.3) is 0 Å². The zero-order valence-corrected chi connectivity index (χ0v) is 22.7. The lowest BCUT2D eigenvalue weighted by atomic mass is 10.0. The molecular formula is C17H19F3N6O9S4. The quantitative estimate of drug-likeness (QED) is 0.126. The number of hydrogen-bond donors (Lipinski definition) is 4. The van der Waals surface area contributed by atoms with E-state index in [4.69, 9.17) is 5.73 Å². The Morgan fingerprint density at radius 3 is 2.54 bits per heavy atom. The summed E-state index contributed by atoms with van der Waals surface area (Å²) in [5, 5.41) is 16.3. The molecule has 1 aromatic rings. The van der Waals surface area contributed by atoms with Gasteiger partial charge >= 0.3 is 21.5 Å². The number of carboxylic acid groups (broad SMARTS) is 1. The van der Waals surface area contributed by atoms with E-state index in [1.165, 1.54) is 12.5 Å². The van der Waals surface area contributed by atoms with Gasteiger partial charge in [-0.05, 0) is 5.57 Å². The van der Waals surface area contributed by atoms with Gasteiger partial charge in [0.25, 0.3) is 11.8 Å². The Morgan fingerprint density at radius 1 is 1.33 bits per heavy atom. The number of amides is 2. The molecule has 1 aromatic heterocycles. The maximum Gasteiger partial charge on any atom is 0.511 e. The molecule has 15 nitrogen and oxygen atoms in total. The number of aliphatic carboxylic acids is 1. The molecule has 39 heavy (non-hydrogen) atoms. The van der Waals surface area contributed by atoms with Crippen LogP contribution in [0.3, 0.4) is 0 Å². The van der Waals surface area contributed by atoms with Gasteiger partial charge in [0.05, 0.1) is 11.5 Å². The number of halogens is 3. The highest BCUT2D eigenvalue weighted by molar-refractivity contribution is 8.00. The average molecular weight is 637 g/mol. The minimum atomic E-state index is -5.77. The molecule has 0 saturated carbocycles. The van der Waals surface area contributed by atoms with E-state index in [1.54, 1.807) is 0 Å². The molecule has 216 valence electrons. The first-order valence-electron chi connectivity index (χ1n) is 10.3. The predicted molar refractivity (Wildman–Crippen MR) is 131 cm³/mol. The number of thioether (sulfide) groups is 1. The normalized spacial score (nSPS) is 20.4. The number of hydrogen-bond acceptors (Lipinski definition) is 13. The molecule has 0 radical (unpaired) electrons. The van der Waals surface area contributed by atoms with Gasteiger partial charge < -0.3 is 21.0 Å². The van der Waals surface area contributed by atoms with E-state index in [0.29, 0.717) is 0 Å². The van der Waals surface area contributed by atoms with E-state index < -0.39 is 78.3 Å². The number of oxime groups is 1. The fourth-order valence-electron chi connectivity index (χ4n) is 3.45. The number of rotatable bonds is 11. The van der Waals surface area contributed by atoms with Gasteiger partial charge in [0.2, 0.25) is 0 Å². The van der Waals surface area contributed by atoms with Crippen molar-refractivity contribution >= 4 is 71.6 Å². The summed E-state index contributed by atoms with van der Waals surface area (Å²) in [4.78, 5) is 46.9. The van der Waals surface area contributed by atoms with Crippen LogP contribution in [0.1, 0.15) is 5.69 Å². The van der Waals surface area contributed by atoms with Gasteiger partial charge in [0, 0.05) is 17.7 Å². The monoisotopic (exact) mass is 636 g/mol. The second-order valence-corrected chi connectivity index (χ2v) is 13.7. The van der Waals surface area contributed by atoms with Gasteiger partial charge in [-0.25, -0.2) is 31.3 Å². The number of carbonyl (C=O) groups is 3. The molecule has 2 amide bonds. The van der Waals surface area contributed by atoms with Crippen molar-refractivity contribution in [3.05, 3.63) is 22.3 Å². The zero-order chi connectivity index (χ0) is 29.3. The van der Waals surface area contributed by atoms with Crippen molar-refractivity contribution in [2.75, 3.05) is 36.6 Å². The van der Waals surface area contributed by atoms with Crippen LogP contribution < -0.4 is 15.8 Å². The van der Waals surface area contributed by atoms with Crippen LogP contribution in [0.5, 0.6) is 0 Å². The van der Waals surface area contributed by atoms with Crippen LogP contribution in [0.4, 0.5) is 18.3 Å². The molecule has 0 aliphatic carbocycles. The summed E-state index contributed by atoms with van der Waals surface area (Å²) in [5.74, 6) is -5.66. The standard InChI is InChI=1S/C17H19F3N6O9S4/c1-35-25-9(8-5-37-16(21)23-8)12(27)24-10-13(28)26-11(15(29)30)7(4-36-14(10)26)6-38(31,32)3-2-22-39(33,34)17(18,19)20/h5,10,14,22H,2-4,6H2,1H3,(H2,21,23)(H,24,27)(H,29,30)/b25-9-/t10?,14-/m1/s1. The average Bonchev–Trinajstić information content (AvgIpc) is 3.24. The molecule has 1 saturated heterocycles. The number of nitrogens with zero attached hydrogens (tertiary/aromatic N) is 3. The largest absolute Gasteiger partial charge is 0.511 e. The molecule has 2 aliphatic rings. The first-order chi connectivity index (χ1) is 18.0. The molecule has 3 heterocycles. The Kier molecular flexibility index (Phi) is 8.84. The lowest BCUT2D eigenvalue weighted by Crippen LogP contribution is -2.71. The Bertz CT molecular complexity index is 1460. The topological polar surface area (TPSA) is 228 Å². The summed E-state index contributed by atoms with van der Waals surface area (Å²) in [6.45, 7) is -1.11. The fraction of sp³-hybridized carbons (Fsp3) is 0.471. The molecule has 1 unspecified atom stereocenters. The molecule has 2 aliphatic heterocycles. The summed E-state index contributed by atoms with van der Waals surface area (Å²) in [6, 6.07) is -1.22. The summed E-state index contributed by atoms with van der Waals surface area (Å²) in [6.07, 6.45) is 0. The molecule has 0 bridgehead atoms. The predicted octanol–water partition coefficient (Wildman–Crippen LogP) is -1.33. The van der Waals surface area contributed by atoms with Crippen molar-refractivity contribution in [1.82, 2.24) is 19.9 Å². The Morgan fingerprint density at radius 2 is 2.00 bits per heavy atom. The summed E-state index contributed by atoms with van der Waals surface area (Å²) < 4.78 is 85.3. The number of carbonyl (C=O) groups excluding carboxylic acids is 2. The number of nitrogens with two attached hydrogens (primary N) is 1. The third kappa shape index (κ3) is 6.62. The van der Waals surface area contributed by atoms with Crippen molar-refractivity contribution in [2.24, 2.45) is 5.16 Å². The van der Waals surface area contributed by atoms with Crippen LogP contribution in [0.2, 0.25) is 0 Å². The number of carboxylic acids is 1. The fourth-order valence-corrected chi connectivity index (χ4v) is 7.46. The number of aromatic nitrogens is 1. The van der Waals surface area contributed by atoms with E-state index >= 15 is 0 Å². The number of nitrogen functional groups attached to an aromatic ring is 1.